The molecule has 0 saturated carbocycles. The van der Waals surface area contributed by atoms with E-state index >= 15 is 0 Å². The summed E-state index contributed by atoms with van der Waals surface area (Å²) in [6.45, 7) is 0. The quantitative estimate of drug-likeness (QED) is 0.798. The Balaban J connectivity index is 2.42. The minimum Gasteiger partial charge on any atom is -0.481 e. The van der Waals surface area contributed by atoms with Gasteiger partial charge in [0.1, 0.15) is 0 Å². The molecule has 1 aliphatic carbocycles. The van der Waals surface area contributed by atoms with Crippen LogP contribution in [-0.2, 0) is 11.2 Å². The number of carboxylic acids is 1. The van der Waals surface area contributed by atoms with Crippen LogP contribution in [0.3, 0.4) is 0 Å². The van der Waals surface area contributed by atoms with Gasteiger partial charge in [0, 0.05) is 4.47 Å². The molecule has 0 fully saturated rings. The Morgan fingerprint density at radius 3 is 3.00 bits per heavy atom. The Morgan fingerprint density at radius 2 is 2.33 bits per heavy atom. The fourth-order valence-corrected chi connectivity index (χ4v) is 2.06. The molecule has 0 saturated heterocycles. The minimum atomic E-state index is -0.722. The van der Waals surface area contributed by atoms with Gasteiger partial charge in [-0.25, -0.2) is 0 Å². The van der Waals surface area contributed by atoms with E-state index in [4.69, 9.17) is 5.11 Å². The van der Waals surface area contributed by atoms with Crippen molar-refractivity contribution in [1.82, 2.24) is 0 Å². The van der Waals surface area contributed by atoms with E-state index in [1.165, 1.54) is 0 Å². The predicted molar refractivity (Wildman–Crippen MR) is 48.2 cm³/mol. The summed E-state index contributed by atoms with van der Waals surface area (Å²) < 4.78 is 1.03. The lowest BCUT2D eigenvalue weighted by Gasteiger charge is -2.27. The standard InChI is InChI=1S/C9H7BrO2/c10-8-3-1-2-5-6(8)4-7(5)9(11)12/h1-3,7H,4H2,(H,11,12). The Bertz CT molecular complexity index is 346. The van der Waals surface area contributed by atoms with Gasteiger partial charge in [-0.15, -0.1) is 0 Å². The molecule has 1 aromatic carbocycles. The van der Waals surface area contributed by atoms with Gasteiger partial charge in [0.2, 0.25) is 0 Å². The maximum absolute atomic E-state index is 10.6. The van der Waals surface area contributed by atoms with Crippen LogP contribution >= 0.6 is 15.9 Å². The highest BCUT2D eigenvalue weighted by Crippen LogP contribution is 2.39. The fourth-order valence-electron chi connectivity index (χ4n) is 1.52. The molecule has 12 heavy (non-hydrogen) atoms. The summed E-state index contributed by atoms with van der Waals surface area (Å²) in [5, 5.41) is 8.76. The third kappa shape index (κ3) is 0.966. The Labute approximate surface area is 78.3 Å². The summed E-state index contributed by atoms with van der Waals surface area (Å²) in [4.78, 5) is 10.6. The van der Waals surface area contributed by atoms with E-state index in [0.29, 0.717) is 6.42 Å². The normalized spacial score (nSPS) is 19.6. The molecule has 0 amide bonds. The van der Waals surface area contributed by atoms with Gasteiger partial charge in [-0.2, -0.15) is 0 Å². The molecule has 1 atom stereocenters. The Kier molecular flexibility index (Phi) is 1.68. The SMILES string of the molecule is O=C(O)C1Cc2c(Br)cccc21. The number of halogens is 1. The zero-order valence-corrected chi connectivity index (χ0v) is 7.84. The van der Waals surface area contributed by atoms with Gasteiger partial charge in [-0.3, -0.25) is 4.79 Å². The highest BCUT2D eigenvalue weighted by Gasteiger charge is 2.33. The molecule has 0 aliphatic heterocycles. The topological polar surface area (TPSA) is 37.3 Å². The van der Waals surface area contributed by atoms with Crippen molar-refractivity contribution < 1.29 is 9.90 Å². The van der Waals surface area contributed by atoms with Gasteiger partial charge in [0.15, 0.2) is 0 Å². The number of carboxylic acid groups (broad SMARTS) is 1. The molecule has 62 valence electrons. The summed E-state index contributed by atoms with van der Waals surface area (Å²) in [5.74, 6) is -1.00. The molecule has 1 N–H and O–H groups in total. The number of aliphatic carboxylic acids is 1. The first-order valence-electron chi connectivity index (χ1n) is 3.70. The maximum Gasteiger partial charge on any atom is 0.311 e. The van der Waals surface area contributed by atoms with Gasteiger partial charge in [0.25, 0.3) is 0 Å². The predicted octanol–water partition coefficient (Wildman–Crippen LogP) is 2.17. The van der Waals surface area contributed by atoms with Crippen molar-refractivity contribution in [2.75, 3.05) is 0 Å². The summed E-state index contributed by atoms with van der Waals surface area (Å²) >= 11 is 3.38. The molecular formula is C9H7BrO2. The lowest BCUT2D eigenvalue weighted by molar-refractivity contribution is -0.139. The summed E-state index contributed by atoms with van der Waals surface area (Å²) in [6.07, 6.45) is 0.659. The summed E-state index contributed by atoms with van der Waals surface area (Å²) in [7, 11) is 0. The highest BCUT2D eigenvalue weighted by atomic mass is 79.9. The third-order valence-electron chi connectivity index (χ3n) is 2.24. The number of hydrogen-bond acceptors (Lipinski definition) is 1. The number of hydrogen-bond donors (Lipinski definition) is 1. The average Bonchev–Trinajstić information content (AvgIpc) is 1.92. The number of fused-ring (bicyclic) bond motifs is 1. The van der Waals surface area contributed by atoms with E-state index in [-0.39, 0.29) is 5.92 Å². The maximum atomic E-state index is 10.6. The second-order valence-electron chi connectivity index (χ2n) is 2.90. The van der Waals surface area contributed by atoms with E-state index in [1.54, 1.807) is 0 Å². The van der Waals surface area contributed by atoms with Crippen LogP contribution in [0, 0.1) is 0 Å². The van der Waals surface area contributed by atoms with Crippen LogP contribution in [0.25, 0.3) is 0 Å². The zero-order valence-electron chi connectivity index (χ0n) is 6.25. The van der Waals surface area contributed by atoms with E-state index < -0.39 is 5.97 Å². The molecule has 0 spiro atoms. The van der Waals surface area contributed by atoms with Crippen molar-refractivity contribution in [2.24, 2.45) is 0 Å². The third-order valence-corrected chi connectivity index (χ3v) is 2.98. The molecule has 1 aliphatic rings. The van der Waals surface area contributed by atoms with Gasteiger partial charge in [0.05, 0.1) is 5.92 Å². The van der Waals surface area contributed by atoms with Crippen molar-refractivity contribution in [3.8, 4) is 0 Å². The van der Waals surface area contributed by atoms with Crippen LogP contribution in [0.4, 0.5) is 0 Å². The van der Waals surface area contributed by atoms with Crippen LogP contribution < -0.4 is 0 Å². The van der Waals surface area contributed by atoms with Crippen molar-refractivity contribution in [3.05, 3.63) is 33.8 Å². The number of rotatable bonds is 1. The van der Waals surface area contributed by atoms with Crippen LogP contribution in [0.2, 0.25) is 0 Å². The molecule has 2 rings (SSSR count). The minimum absolute atomic E-state index is 0.280. The zero-order chi connectivity index (χ0) is 8.72. The second kappa shape index (κ2) is 2.59. The number of benzene rings is 1. The van der Waals surface area contributed by atoms with Gasteiger partial charge >= 0.3 is 5.97 Å². The molecule has 2 nitrogen and oxygen atoms in total. The van der Waals surface area contributed by atoms with Crippen molar-refractivity contribution in [2.45, 2.75) is 12.3 Å². The molecule has 0 radical (unpaired) electrons. The molecule has 3 heteroatoms. The van der Waals surface area contributed by atoms with Gasteiger partial charge in [-0.1, -0.05) is 28.1 Å². The van der Waals surface area contributed by atoms with Crippen LogP contribution in [-0.4, -0.2) is 11.1 Å². The lowest BCUT2D eigenvalue weighted by atomic mass is 9.78. The second-order valence-corrected chi connectivity index (χ2v) is 3.76. The van der Waals surface area contributed by atoms with E-state index in [1.807, 2.05) is 18.2 Å². The van der Waals surface area contributed by atoms with Crippen LogP contribution in [0.1, 0.15) is 17.0 Å². The first-order chi connectivity index (χ1) is 5.70. The van der Waals surface area contributed by atoms with E-state index in [9.17, 15) is 4.79 Å². The molecule has 0 heterocycles. The van der Waals surface area contributed by atoms with Gasteiger partial charge < -0.3 is 5.11 Å². The monoisotopic (exact) mass is 226 g/mol. The average molecular weight is 227 g/mol. The van der Waals surface area contributed by atoms with Gasteiger partial charge in [-0.05, 0) is 23.6 Å². The van der Waals surface area contributed by atoms with Crippen LogP contribution in [0.15, 0.2) is 22.7 Å². The Hall–Kier alpha value is -0.830. The molecule has 0 aromatic heterocycles. The Morgan fingerprint density at radius 1 is 1.58 bits per heavy atom. The first kappa shape index (κ1) is 7.80. The first-order valence-corrected chi connectivity index (χ1v) is 4.49. The fraction of sp³-hybridized carbons (Fsp3) is 0.222. The van der Waals surface area contributed by atoms with Crippen LogP contribution in [0.5, 0.6) is 0 Å². The highest BCUT2D eigenvalue weighted by molar-refractivity contribution is 9.10. The van der Waals surface area contributed by atoms with Crippen molar-refractivity contribution in [3.63, 3.8) is 0 Å². The van der Waals surface area contributed by atoms with E-state index in [2.05, 4.69) is 15.9 Å². The van der Waals surface area contributed by atoms with Crippen molar-refractivity contribution >= 4 is 21.9 Å². The van der Waals surface area contributed by atoms with E-state index in [0.717, 1.165) is 15.6 Å². The van der Waals surface area contributed by atoms with Crippen molar-refractivity contribution in [1.29, 1.82) is 0 Å². The molecule has 1 aromatic rings. The smallest absolute Gasteiger partial charge is 0.311 e. The largest absolute Gasteiger partial charge is 0.481 e. The number of carbonyl (C=O) groups is 1. The lowest BCUT2D eigenvalue weighted by Crippen LogP contribution is -2.25. The summed E-state index contributed by atoms with van der Waals surface area (Å²) in [6, 6.07) is 5.69. The molecular weight excluding hydrogens is 220 g/mol. The molecule has 0 bridgehead atoms. The molecule has 1 unspecified atom stereocenters. The summed E-state index contributed by atoms with van der Waals surface area (Å²) in [5.41, 5.74) is 2.10.